The van der Waals surface area contributed by atoms with Crippen molar-refractivity contribution in [2.45, 2.75) is 40.3 Å². The van der Waals surface area contributed by atoms with Crippen molar-refractivity contribution in [1.82, 2.24) is 9.47 Å². The van der Waals surface area contributed by atoms with Crippen LogP contribution in [0, 0.1) is 11.8 Å². The number of thiophene rings is 1. The predicted molar refractivity (Wildman–Crippen MR) is 132 cm³/mol. The van der Waals surface area contributed by atoms with Gasteiger partial charge in [0.05, 0.1) is 11.0 Å². The largest absolute Gasteiger partial charge is 0.390 e. The van der Waals surface area contributed by atoms with Gasteiger partial charge >= 0.3 is 0 Å². The van der Waals surface area contributed by atoms with E-state index in [1.54, 1.807) is 6.08 Å². The Balaban J connectivity index is 1.77. The second-order valence-electron chi connectivity index (χ2n) is 9.09. The first-order chi connectivity index (χ1) is 14.8. The third-order valence-electron chi connectivity index (χ3n) is 5.12. The number of rotatable bonds is 11. The second kappa shape index (κ2) is 10.9. The van der Waals surface area contributed by atoms with Crippen LogP contribution in [-0.2, 0) is 6.54 Å². The molecule has 4 nitrogen and oxygen atoms in total. The van der Waals surface area contributed by atoms with Crippen LogP contribution in [0.3, 0.4) is 0 Å². The van der Waals surface area contributed by atoms with Gasteiger partial charge in [0.15, 0.2) is 5.78 Å². The monoisotopic (exact) mass is 438 g/mol. The van der Waals surface area contributed by atoms with Crippen molar-refractivity contribution in [3.63, 3.8) is 0 Å². The van der Waals surface area contributed by atoms with Crippen molar-refractivity contribution in [3.05, 3.63) is 64.5 Å². The molecule has 2 aromatic heterocycles. The maximum atomic E-state index is 12.4. The van der Waals surface area contributed by atoms with Crippen molar-refractivity contribution in [3.8, 4) is 0 Å². The molecule has 5 heteroatoms. The first kappa shape index (κ1) is 23.5. The van der Waals surface area contributed by atoms with Crippen LogP contribution in [0.4, 0.5) is 0 Å². The fraction of sp³-hybridized carbons (Fsp3) is 0.423. The molecule has 0 bridgehead atoms. The van der Waals surface area contributed by atoms with Gasteiger partial charge in [-0.25, -0.2) is 0 Å². The Morgan fingerprint density at radius 1 is 1.06 bits per heavy atom. The van der Waals surface area contributed by atoms with Crippen LogP contribution in [0.25, 0.3) is 17.0 Å². The highest BCUT2D eigenvalue weighted by atomic mass is 32.1. The van der Waals surface area contributed by atoms with Crippen LogP contribution in [-0.4, -0.2) is 46.1 Å². The van der Waals surface area contributed by atoms with Gasteiger partial charge in [0, 0.05) is 48.8 Å². The maximum absolute atomic E-state index is 12.4. The summed E-state index contributed by atoms with van der Waals surface area (Å²) in [4.78, 5) is 15.5. The number of para-hydroxylation sites is 1. The molecule has 0 aliphatic carbocycles. The summed E-state index contributed by atoms with van der Waals surface area (Å²) in [6.07, 6.45) is 5.11. The van der Waals surface area contributed by atoms with Gasteiger partial charge in [0.2, 0.25) is 0 Å². The van der Waals surface area contributed by atoms with Crippen LogP contribution in [0.2, 0.25) is 0 Å². The lowest BCUT2D eigenvalue weighted by molar-refractivity contribution is 0.0869. The summed E-state index contributed by atoms with van der Waals surface area (Å²) in [5.74, 6) is 1.15. The number of carbonyl (C=O) groups is 1. The molecule has 1 atom stereocenters. The molecule has 166 valence electrons. The van der Waals surface area contributed by atoms with E-state index >= 15 is 0 Å². The van der Waals surface area contributed by atoms with Crippen LogP contribution in [0.1, 0.15) is 42.9 Å². The van der Waals surface area contributed by atoms with Crippen molar-refractivity contribution >= 4 is 34.1 Å². The van der Waals surface area contributed by atoms with Crippen molar-refractivity contribution in [2.24, 2.45) is 11.8 Å². The van der Waals surface area contributed by atoms with Crippen molar-refractivity contribution in [2.75, 3.05) is 19.6 Å². The summed E-state index contributed by atoms with van der Waals surface area (Å²) in [5.41, 5.74) is 2.07. The lowest BCUT2D eigenvalue weighted by atomic mass is 10.1. The summed E-state index contributed by atoms with van der Waals surface area (Å²) >= 11 is 1.45. The molecule has 31 heavy (non-hydrogen) atoms. The number of hydrogen-bond donors (Lipinski definition) is 1. The van der Waals surface area contributed by atoms with Gasteiger partial charge in [-0.1, -0.05) is 52.0 Å². The minimum Gasteiger partial charge on any atom is -0.390 e. The number of allylic oxidation sites excluding steroid dienone is 1. The first-order valence-electron chi connectivity index (χ1n) is 11.1. The molecular formula is C26H34N2O2S. The summed E-state index contributed by atoms with van der Waals surface area (Å²) in [5, 5.41) is 13.9. The normalized spacial score (nSPS) is 13.3. The zero-order valence-corrected chi connectivity index (χ0v) is 19.8. The number of aromatic nitrogens is 1. The molecule has 2 heterocycles. The molecule has 3 rings (SSSR count). The van der Waals surface area contributed by atoms with Crippen molar-refractivity contribution < 1.29 is 9.90 Å². The number of ketones is 1. The number of fused-ring (bicyclic) bond motifs is 1. The molecular weight excluding hydrogens is 404 g/mol. The smallest absolute Gasteiger partial charge is 0.195 e. The van der Waals surface area contributed by atoms with Gasteiger partial charge in [-0.15, -0.1) is 11.3 Å². The van der Waals surface area contributed by atoms with Gasteiger partial charge in [0.1, 0.15) is 0 Å². The molecule has 0 amide bonds. The molecule has 0 saturated carbocycles. The average molecular weight is 439 g/mol. The predicted octanol–water partition coefficient (Wildman–Crippen LogP) is 5.57. The quantitative estimate of drug-likeness (QED) is 0.314. The Labute approximate surface area is 189 Å². The molecule has 0 radical (unpaired) electrons. The number of hydrogen-bond acceptors (Lipinski definition) is 4. The third-order valence-corrected chi connectivity index (χ3v) is 6.01. The third kappa shape index (κ3) is 6.63. The van der Waals surface area contributed by atoms with Crippen LogP contribution in [0.15, 0.2) is 54.1 Å². The van der Waals surface area contributed by atoms with Gasteiger partial charge in [-0.2, -0.15) is 0 Å². The molecule has 1 aromatic carbocycles. The zero-order chi connectivity index (χ0) is 22.4. The highest BCUT2D eigenvalue weighted by Crippen LogP contribution is 2.23. The highest BCUT2D eigenvalue weighted by Gasteiger charge is 2.16. The summed E-state index contributed by atoms with van der Waals surface area (Å²) in [6, 6.07) is 11.9. The fourth-order valence-corrected chi connectivity index (χ4v) is 4.71. The fourth-order valence-electron chi connectivity index (χ4n) is 4.06. The van der Waals surface area contributed by atoms with E-state index in [-0.39, 0.29) is 5.78 Å². The summed E-state index contributed by atoms with van der Waals surface area (Å²) in [7, 11) is 0. The molecule has 0 saturated heterocycles. The Morgan fingerprint density at radius 2 is 1.77 bits per heavy atom. The van der Waals surface area contributed by atoms with Gasteiger partial charge in [-0.05, 0) is 41.5 Å². The number of aliphatic hydroxyl groups excluding tert-OH is 1. The van der Waals surface area contributed by atoms with E-state index < -0.39 is 6.10 Å². The highest BCUT2D eigenvalue weighted by molar-refractivity contribution is 7.12. The van der Waals surface area contributed by atoms with E-state index in [9.17, 15) is 9.90 Å². The number of aliphatic hydroxyl groups is 1. The van der Waals surface area contributed by atoms with Gasteiger partial charge in [-0.3, -0.25) is 4.79 Å². The van der Waals surface area contributed by atoms with E-state index in [1.165, 1.54) is 11.3 Å². The molecule has 0 spiro atoms. The standard InChI is InChI=1S/C26H34N2O2S/c1-19(2)14-27(15-20(3)4)17-22(29)18-28-16-21(23-8-5-6-9-24(23)28)11-12-25(30)26-10-7-13-31-26/h5-13,16,19-20,22,29H,14-15,17-18H2,1-4H3/b12-11+. The molecule has 3 aromatic rings. The van der Waals surface area contributed by atoms with Crippen LogP contribution in [0.5, 0.6) is 0 Å². The topological polar surface area (TPSA) is 45.5 Å². The second-order valence-corrected chi connectivity index (χ2v) is 10.0. The number of nitrogens with zero attached hydrogens (tertiary/aromatic N) is 2. The van der Waals surface area contributed by atoms with Crippen molar-refractivity contribution in [1.29, 1.82) is 0 Å². The molecule has 1 N–H and O–H groups in total. The van der Waals surface area contributed by atoms with E-state index in [2.05, 4.69) is 49.3 Å². The Bertz CT molecular complexity index is 992. The van der Waals surface area contributed by atoms with E-state index in [0.717, 1.165) is 34.4 Å². The van der Waals surface area contributed by atoms with E-state index in [1.807, 2.05) is 41.9 Å². The lowest BCUT2D eigenvalue weighted by Gasteiger charge is -2.28. The first-order valence-corrected chi connectivity index (χ1v) is 12.0. The van der Waals surface area contributed by atoms with Gasteiger partial charge < -0.3 is 14.6 Å². The average Bonchev–Trinajstić information content (AvgIpc) is 3.34. The SMILES string of the molecule is CC(C)CN(CC(C)C)CC(O)Cn1cc(/C=C/C(=O)c2cccs2)c2ccccc21. The summed E-state index contributed by atoms with van der Waals surface area (Å²) < 4.78 is 2.11. The summed E-state index contributed by atoms with van der Waals surface area (Å²) in [6.45, 7) is 12.0. The molecule has 0 aliphatic rings. The minimum atomic E-state index is -0.460. The van der Waals surface area contributed by atoms with E-state index in [0.29, 0.717) is 24.9 Å². The molecule has 1 unspecified atom stereocenters. The van der Waals surface area contributed by atoms with Crippen LogP contribution < -0.4 is 0 Å². The molecule has 0 aliphatic heterocycles. The van der Waals surface area contributed by atoms with Gasteiger partial charge in [0.25, 0.3) is 0 Å². The number of benzene rings is 1. The Hall–Kier alpha value is -2.21. The molecule has 0 fully saturated rings. The zero-order valence-electron chi connectivity index (χ0n) is 19.0. The Kier molecular flexibility index (Phi) is 8.24. The Morgan fingerprint density at radius 3 is 2.42 bits per heavy atom. The lowest BCUT2D eigenvalue weighted by Crippen LogP contribution is -2.39. The minimum absolute atomic E-state index is 0.0184. The van der Waals surface area contributed by atoms with Crippen LogP contribution >= 0.6 is 11.3 Å². The van der Waals surface area contributed by atoms with E-state index in [4.69, 9.17) is 0 Å². The number of carbonyl (C=O) groups excluding carboxylic acids is 1. The maximum Gasteiger partial charge on any atom is 0.195 e.